The predicted molar refractivity (Wildman–Crippen MR) is 92.5 cm³/mol. The lowest BCUT2D eigenvalue weighted by atomic mass is 10.3. The van der Waals surface area contributed by atoms with Crippen LogP contribution in [0, 0.1) is 6.92 Å². The first-order chi connectivity index (χ1) is 11.1. The standard InChI is InChI=1S/C17H24N4O2/c1-12(2)19-17-11-16(20-13(3)21-17)18-9-10-23-15-7-5-14(22-4)6-8-15/h5-8,11-12H,9-10H2,1-4H3,(H2,18,19,20,21). The van der Waals surface area contributed by atoms with Crippen LogP contribution in [0.5, 0.6) is 11.5 Å². The van der Waals surface area contributed by atoms with Crippen molar-refractivity contribution in [1.29, 1.82) is 0 Å². The third-order valence-corrected chi connectivity index (χ3v) is 3.01. The summed E-state index contributed by atoms with van der Waals surface area (Å²) in [7, 11) is 1.64. The second-order valence-electron chi connectivity index (χ2n) is 5.44. The van der Waals surface area contributed by atoms with Gasteiger partial charge in [-0.1, -0.05) is 0 Å². The summed E-state index contributed by atoms with van der Waals surface area (Å²) in [6, 6.07) is 9.76. The smallest absolute Gasteiger partial charge is 0.131 e. The van der Waals surface area contributed by atoms with E-state index in [1.165, 1.54) is 0 Å². The summed E-state index contributed by atoms with van der Waals surface area (Å²) in [6.45, 7) is 7.23. The van der Waals surface area contributed by atoms with E-state index >= 15 is 0 Å². The second-order valence-corrected chi connectivity index (χ2v) is 5.44. The van der Waals surface area contributed by atoms with Gasteiger partial charge in [-0.15, -0.1) is 0 Å². The molecule has 0 saturated carbocycles. The van der Waals surface area contributed by atoms with Gasteiger partial charge in [0, 0.05) is 12.1 Å². The molecule has 0 aliphatic heterocycles. The molecular weight excluding hydrogens is 292 g/mol. The normalized spacial score (nSPS) is 10.5. The number of benzene rings is 1. The highest BCUT2D eigenvalue weighted by Crippen LogP contribution is 2.17. The van der Waals surface area contributed by atoms with Gasteiger partial charge in [0.25, 0.3) is 0 Å². The van der Waals surface area contributed by atoms with Crippen LogP contribution in [0.4, 0.5) is 11.6 Å². The summed E-state index contributed by atoms with van der Waals surface area (Å²) >= 11 is 0. The zero-order valence-electron chi connectivity index (χ0n) is 14.1. The number of hydrogen-bond acceptors (Lipinski definition) is 6. The van der Waals surface area contributed by atoms with Crippen LogP contribution in [0.15, 0.2) is 30.3 Å². The van der Waals surface area contributed by atoms with Gasteiger partial charge < -0.3 is 20.1 Å². The van der Waals surface area contributed by atoms with Gasteiger partial charge in [0.05, 0.1) is 13.7 Å². The fourth-order valence-electron chi connectivity index (χ4n) is 2.05. The fourth-order valence-corrected chi connectivity index (χ4v) is 2.05. The molecule has 0 bridgehead atoms. The Kier molecular flexibility index (Phi) is 6.02. The van der Waals surface area contributed by atoms with E-state index in [2.05, 4.69) is 34.4 Å². The van der Waals surface area contributed by atoms with Crippen molar-refractivity contribution in [2.45, 2.75) is 26.8 Å². The quantitative estimate of drug-likeness (QED) is 0.729. The number of rotatable bonds is 8. The first-order valence-electron chi connectivity index (χ1n) is 7.70. The van der Waals surface area contributed by atoms with E-state index in [4.69, 9.17) is 9.47 Å². The Morgan fingerprint density at radius 2 is 1.70 bits per heavy atom. The van der Waals surface area contributed by atoms with Crippen LogP contribution >= 0.6 is 0 Å². The van der Waals surface area contributed by atoms with Gasteiger partial charge in [0.2, 0.25) is 0 Å². The number of aryl methyl sites for hydroxylation is 1. The highest BCUT2D eigenvalue weighted by Gasteiger charge is 2.03. The first kappa shape index (κ1) is 16.9. The van der Waals surface area contributed by atoms with Crippen molar-refractivity contribution in [2.24, 2.45) is 0 Å². The monoisotopic (exact) mass is 316 g/mol. The van der Waals surface area contributed by atoms with E-state index in [1.807, 2.05) is 37.3 Å². The maximum Gasteiger partial charge on any atom is 0.131 e. The van der Waals surface area contributed by atoms with Gasteiger partial charge >= 0.3 is 0 Å². The molecule has 1 aromatic heterocycles. The molecule has 6 nitrogen and oxygen atoms in total. The number of ether oxygens (including phenoxy) is 2. The van der Waals surface area contributed by atoms with E-state index in [9.17, 15) is 0 Å². The van der Waals surface area contributed by atoms with Crippen molar-refractivity contribution < 1.29 is 9.47 Å². The maximum absolute atomic E-state index is 5.68. The Bertz CT molecular complexity index is 614. The zero-order chi connectivity index (χ0) is 16.7. The second kappa shape index (κ2) is 8.22. The number of nitrogens with zero attached hydrogens (tertiary/aromatic N) is 2. The maximum atomic E-state index is 5.68. The molecule has 0 radical (unpaired) electrons. The summed E-state index contributed by atoms with van der Waals surface area (Å²) in [5.41, 5.74) is 0. The Morgan fingerprint density at radius 3 is 2.35 bits per heavy atom. The molecule has 0 saturated heterocycles. The van der Waals surface area contributed by atoms with Crippen LogP contribution in [-0.2, 0) is 0 Å². The van der Waals surface area contributed by atoms with E-state index in [-0.39, 0.29) is 0 Å². The molecule has 2 aromatic rings. The van der Waals surface area contributed by atoms with Crippen molar-refractivity contribution in [3.63, 3.8) is 0 Å². The van der Waals surface area contributed by atoms with E-state index < -0.39 is 0 Å². The Balaban J connectivity index is 1.82. The lowest BCUT2D eigenvalue weighted by Gasteiger charge is -2.12. The minimum atomic E-state index is 0.329. The number of anilines is 2. The molecule has 2 N–H and O–H groups in total. The summed E-state index contributed by atoms with van der Waals surface area (Å²) in [5.74, 6) is 3.98. The number of methoxy groups -OCH3 is 1. The Labute approximate surface area is 137 Å². The Hall–Kier alpha value is -2.50. The van der Waals surface area contributed by atoms with Gasteiger partial charge in [0.15, 0.2) is 0 Å². The lowest BCUT2D eigenvalue weighted by molar-refractivity contribution is 0.331. The van der Waals surface area contributed by atoms with Gasteiger partial charge in [-0.25, -0.2) is 9.97 Å². The third kappa shape index (κ3) is 5.65. The van der Waals surface area contributed by atoms with Gasteiger partial charge in [0.1, 0.15) is 35.6 Å². The highest BCUT2D eigenvalue weighted by atomic mass is 16.5. The SMILES string of the molecule is COc1ccc(OCCNc2cc(NC(C)C)nc(C)n2)cc1. The van der Waals surface area contributed by atoms with Crippen LogP contribution in [0.1, 0.15) is 19.7 Å². The van der Waals surface area contributed by atoms with Crippen molar-refractivity contribution in [1.82, 2.24) is 9.97 Å². The molecule has 0 amide bonds. The number of nitrogens with one attached hydrogen (secondary N) is 2. The molecule has 0 atom stereocenters. The van der Waals surface area contributed by atoms with Gasteiger partial charge in [-0.3, -0.25) is 0 Å². The molecule has 0 aliphatic rings. The summed E-state index contributed by atoms with van der Waals surface area (Å²) in [5, 5.41) is 6.53. The van der Waals surface area contributed by atoms with Crippen LogP contribution < -0.4 is 20.1 Å². The number of aromatic nitrogens is 2. The van der Waals surface area contributed by atoms with Crippen LogP contribution in [0.3, 0.4) is 0 Å². The zero-order valence-corrected chi connectivity index (χ0v) is 14.1. The molecule has 1 heterocycles. The molecule has 0 spiro atoms. The van der Waals surface area contributed by atoms with Crippen LogP contribution in [-0.4, -0.2) is 36.3 Å². The minimum Gasteiger partial charge on any atom is -0.497 e. The molecule has 0 unspecified atom stereocenters. The van der Waals surface area contributed by atoms with E-state index in [1.54, 1.807) is 7.11 Å². The predicted octanol–water partition coefficient (Wildman–Crippen LogP) is 3.10. The first-order valence-corrected chi connectivity index (χ1v) is 7.70. The summed E-state index contributed by atoms with van der Waals surface area (Å²) in [4.78, 5) is 8.73. The molecule has 2 rings (SSSR count). The molecule has 124 valence electrons. The molecule has 23 heavy (non-hydrogen) atoms. The van der Waals surface area contributed by atoms with Gasteiger partial charge in [-0.05, 0) is 45.0 Å². The average Bonchev–Trinajstić information content (AvgIpc) is 2.51. The fraction of sp³-hybridized carbons (Fsp3) is 0.412. The molecular formula is C17H24N4O2. The van der Waals surface area contributed by atoms with Crippen molar-refractivity contribution in [3.05, 3.63) is 36.2 Å². The molecule has 0 aliphatic carbocycles. The summed E-state index contributed by atoms with van der Waals surface area (Å²) < 4.78 is 10.8. The highest BCUT2D eigenvalue weighted by molar-refractivity contribution is 5.47. The lowest BCUT2D eigenvalue weighted by Crippen LogP contribution is -2.15. The summed E-state index contributed by atoms with van der Waals surface area (Å²) in [6.07, 6.45) is 0. The average molecular weight is 316 g/mol. The largest absolute Gasteiger partial charge is 0.497 e. The van der Waals surface area contributed by atoms with Gasteiger partial charge in [-0.2, -0.15) is 0 Å². The van der Waals surface area contributed by atoms with Crippen molar-refractivity contribution in [2.75, 3.05) is 30.9 Å². The van der Waals surface area contributed by atoms with Crippen molar-refractivity contribution in [3.8, 4) is 11.5 Å². The van der Waals surface area contributed by atoms with Crippen LogP contribution in [0.2, 0.25) is 0 Å². The molecule has 6 heteroatoms. The molecule has 0 fully saturated rings. The van der Waals surface area contributed by atoms with E-state index in [0.29, 0.717) is 19.2 Å². The van der Waals surface area contributed by atoms with E-state index in [0.717, 1.165) is 29.0 Å². The minimum absolute atomic E-state index is 0.329. The Morgan fingerprint density at radius 1 is 1.04 bits per heavy atom. The molecule has 1 aromatic carbocycles. The van der Waals surface area contributed by atoms with Crippen molar-refractivity contribution >= 4 is 11.6 Å². The third-order valence-electron chi connectivity index (χ3n) is 3.01. The van der Waals surface area contributed by atoms with Crippen LogP contribution in [0.25, 0.3) is 0 Å². The number of hydrogen-bond donors (Lipinski definition) is 2. The topological polar surface area (TPSA) is 68.3 Å².